The van der Waals surface area contributed by atoms with E-state index in [-0.39, 0.29) is 6.10 Å². The number of aliphatic hydroxyl groups excluding tert-OH is 1. The number of hydrogen-bond acceptors (Lipinski definition) is 4. The Morgan fingerprint density at radius 2 is 2.16 bits per heavy atom. The van der Waals surface area contributed by atoms with E-state index in [1.165, 1.54) is 18.4 Å². The lowest BCUT2D eigenvalue weighted by molar-refractivity contribution is 0.0547. The normalized spacial score (nSPS) is 26.6. The number of benzene rings is 1. The second kappa shape index (κ2) is 7.18. The molecule has 25 heavy (non-hydrogen) atoms. The molecule has 1 saturated carbocycles. The lowest BCUT2D eigenvalue weighted by Crippen LogP contribution is -2.31. The van der Waals surface area contributed by atoms with E-state index in [0.717, 1.165) is 37.4 Å². The Hall–Kier alpha value is -1.85. The van der Waals surface area contributed by atoms with Gasteiger partial charge in [0.05, 0.1) is 19.8 Å². The van der Waals surface area contributed by atoms with Crippen LogP contribution in [0.25, 0.3) is 0 Å². The van der Waals surface area contributed by atoms with Crippen LogP contribution in [0.3, 0.4) is 0 Å². The van der Waals surface area contributed by atoms with Crippen molar-refractivity contribution in [1.29, 1.82) is 0 Å². The molecule has 0 amide bonds. The smallest absolute Gasteiger partial charge is 0.123 e. The molecule has 1 N–H and O–H groups in total. The second-order valence-corrected chi connectivity index (χ2v) is 7.47. The third-order valence-electron chi connectivity index (χ3n) is 5.78. The van der Waals surface area contributed by atoms with Crippen LogP contribution in [0.5, 0.6) is 5.75 Å². The van der Waals surface area contributed by atoms with Gasteiger partial charge in [-0.25, -0.2) is 0 Å². The van der Waals surface area contributed by atoms with E-state index in [0.29, 0.717) is 18.4 Å². The maximum atomic E-state index is 10.3. The summed E-state index contributed by atoms with van der Waals surface area (Å²) in [6.07, 6.45) is 7.09. The first-order chi connectivity index (χ1) is 12.2. The minimum Gasteiger partial charge on any atom is -0.496 e. The molecule has 2 heterocycles. The van der Waals surface area contributed by atoms with Gasteiger partial charge in [0, 0.05) is 43.5 Å². The van der Waals surface area contributed by atoms with Crippen LogP contribution in [-0.2, 0) is 13.1 Å². The van der Waals surface area contributed by atoms with Gasteiger partial charge in [0.1, 0.15) is 5.75 Å². The molecule has 4 rings (SSSR count). The van der Waals surface area contributed by atoms with Gasteiger partial charge >= 0.3 is 0 Å². The Bertz CT molecular complexity index is 701. The van der Waals surface area contributed by atoms with E-state index in [1.54, 1.807) is 13.3 Å². The second-order valence-electron chi connectivity index (χ2n) is 7.47. The van der Waals surface area contributed by atoms with Crippen LogP contribution in [0.1, 0.15) is 30.4 Å². The lowest BCUT2D eigenvalue weighted by atomic mass is 9.80. The first-order valence-corrected chi connectivity index (χ1v) is 9.26. The number of hydrogen-bond donors (Lipinski definition) is 1. The predicted molar refractivity (Wildman–Crippen MR) is 96.4 cm³/mol. The van der Waals surface area contributed by atoms with E-state index in [1.807, 2.05) is 16.9 Å². The molecular formula is C20H27N3O2. The summed E-state index contributed by atoms with van der Waals surface area (Å²) in [7, 11) is 1.72. The molecule has 5 nitrogen and oxygen atoms in total. The standard InChI is InChI=1S/C20H27N3O2/c1-25-20-7-6-15(10-17(20)13-23-9-3-8-21-23)11-22-12-16-4-2-5-19(24)18(16)14-22/h3,6-10,16,18-19,24H,2,4-5,11-14H2,1H3/t16-,18+,19-/m1/s1. The quantitative estimate of drug-likeness (QED) is 0.908. The van der Waals surface area contributed by atoms with Crippen LogP contribution in [-0.4, -0.2) is 46.1 Å². The molecule has 5 heteroatoms. The fraction of sp³-hybridized carbons (Fsp3) is 0.550. The summed E-state index contributed by atoms with van der Waals surface area (Å²) in [5, 5.41) is 14.6. The maximum absolute atomic E-state index is 10.3. The molecule has 1 aromatic heterocycles. The highest BCUT2D eigenvalue weighted by atomic mass is 16.5. The molecule has 1 aliphatic heterocycles. The van der Waals surface area contributed by atoms with Gasteiger partial charge in [-0.05, 0) is 42.5 Å². The van der Waals surface area contributed by atoms with E-state index < -0.39 is 0 Å². The molecule has 0 bridgehead atoms. The zero-order valence-electron chi connectivity index (χ0n) is 14.8. The minimum atomic E-state index is -0.102. The molecule has 134 valence electrons. The van der Waals surface area contributed by atoms with Gasteiger partial charge in [-0.15, -0.1) is 0 Å². The average Bonchev–Trinajstić information content (AvgIpc) is 3.25. The highest BCUT2D eigenvalue weighted by Gasteiger charge is 2.39. The lowest BCUT2D eigenvalue weighted by Gasteiger charge is -2.28. The van der Waals surface area contributed by atoms with Crippen LogP contribution in [0.2, 0.25) is 0 Å². The first kappa shape index (κ1) is 16.6. The molecule has 1 saturated heterocycles. The SMILES string of the molecule is COc1ccc(CN2C[C@H]3CCC[C@@H](O)[C@H]3C2)cc1Cn1cccn1. The van der Waals surface area contributed by atoms with Crippen molar-refractivity contribution in [2.24, 2.45) is 11.8 Å². The Labute approximate surface area is 149 Å². The molecule has 2 fully saturated rings. The predicted octanol–water partition coefficient (Wildman–Crippen LogP) is 2.53. The zero-order valence-corrected chi connectivity index (χ0v) is 14.8. The van der Waals surface area contributed by atoms with Crippen LogP contribution in [0, 0.1) is 11.8 Å². The van der Waals surface area contributed by atoms with E-state index in [4.69, 9.17) is 4.74 Å². The molecule has 3 atom stereocenters. The summed E-state index contributed by atoms with van der Waals surface area (Å²) >= 11 is 0. The Kier molecular flexibility index (Phi) is 4.77. The number of nitrogens with zero attached hydrogens (tertiary/aromatic N) is 3. The largest absolute Gasteiger partial charge is 0.496 e. The van der Waals surface area contributed by atoms with Crippen molar-refractivity contribution >= 4 is 0 Å². The number of aliphatic hydroxyl groups is 1. The monoisotopic (exact) mass is 341 g/mol. The minimum absolute atomic E-state index is 0.102. The maximum Gasteiger partial charge on any atom is 0.123 e. The molecular weight excluding hydrogens is 314 g/mol. The van der Waals surface area contributed by atoms with Crippen molar-refractivity contribution in [2.45, 2.75) is 38.5 Å². The molecule has 0 unspecified atom stereocenters. The van der Waals surface area contributed by atoms with Crippen LogP contribution >= 0.6 is 0 Å². The van der Waals surface area contributed by atoms with Crippen molar-refractivity contribution in [1.82, 2.24) is 14.7 Å². The topological polar surface area (TPSA) is 50.5 Å². The number of likely N-dealkylation sites (tertiary alicyclic amines) is 1. The fourth-order valence-electron chi connectivity index (χ4n) is 4.54. The van der Waals surface area contributed by atoms with E-state index in [2.05, 4.69) is 28.2 Å². The van der Waals surface area contributed by atoms with Gasteiger partial charge in [-0.1, -0.05) is 12.5 Å². The summed E-state index contributed by atoms with van der Waals surface area (Å²) in [6.45, 7) is 3.79. The summed E-state index contributed by atoms with van der Waals surface area (Å²) in [6, 6.07) is 8.39. The Morgan fingerprint density at radius 3 is 2.92 bits per heavy atom. The number of aromatic nitrogens is 2. The molecule has 1 aliphatic carbocycles. The number of rotatable bonds is 5. The molecule has 0 spiro atoms. The third kappa shape index (κ3) is 3.58. The molecule has 2 aliphatic rings. The highest BCUT2D eigenvalue weighted by Crippen LogP contribution is 2.37. The first-order valence-electron chi connectivity index (χ1n) is 9.26. The van der Waals surface area contributed by atoms with Crippen molar-refractivity contribution < 1.29 is 9.84 Å². The third-order valence-corrected chi connectivity index (χ3v) is 5.78. The van der Waals surface area contributed by atoms with Crippen molar-refractivity contribution in [3.63, 3.8) is 0 Å². The van der Waals surface area contributed by atoms with Crippen LogP contribution in [0.15, 0.2) is 36.7 Å². The molecule has 0 radical (unpaired) electrons. The van der Waals surface area contributed by atoms with Gasteiger partial charge in [0.15, 0.2) is 0 Å². The summed E-state index contributed by atoms with van der Waals surface area (Å²) in [5.41, 5.74) is 2.46. The van der Waals surface area contributed by atoms with Gasteiger partial charge in [0.25, 0.3) is 0 Å². The average molecular weight is 341 g/mol. The van der Waals surface area contributed by atoms with Crippen molar-refractivity contribution in [3.8, 4) is 5.75 Å². The molecule has 1 aromatic carbocycles. The number of fused-ring (bicyclic) bond motifs is 1. The van der Waals surface area contributed by atoms with Crippen LogP contribution in [0.4, 0.5) is 0 Å². The number of methoxy groups -OCH3 is 1. The fourth-order valence-corrected chi connectivity index (χ4v) is 4.54. The molecule has 2 aromatic rings. The highest BCUT2D eigenvalue weighted by molar-refractivity contribution is 5.37. The van der Waals surface area contributed by atoms with E-state index in [9.17, 15) is 5.11 Å². The summed E-state index contributed by atoms with van der Waals surface area (Å²) < 4.78 is 7.44. The van der Waals surface area contributed by atoms with Crippen LogP contribution < -0.4 is 4.74 Å². The van der Waals surface area contributed by atoms with Gasteiger partial charge in [-0.3, -0.25) is 9.58 Å². The summed E-state index contributed by atoms with van der Waals surface area (Å²) in [5.74, 6) is 2.05. The van der Waals surface area contributed by atoms with Crippen molar-refractivity contribution in [3.05, 3.63) is 47.8 Å². The van der Waals surface area contributed by atoms with Gasteiger partial charge in [-0.2, -0.15) is 5.10 Å². The van der Waals surface area contributed by atoms with E-state index >= 15 is 0 Å². The zero-order chi connectivity index (χ0) is 17.2. The number of ether oxygens (including phenoxy) is 1. The summed E-state index contributed by atoms with van der Waals surface area (Å²) in [4.78, 5) is 2.50. The van der Waals surface area contributed by atoms with Gasteiger partial charge in [0.2, 0.25) is 0 Å². The van der Waals surface area contributed by atoms with Gasteiger partial charge < -0.3 is 9.84 Å². The Morgan fingerprint density at radius 1 is 1.24 bits per heavy atom. The Balaban J connectivity index is 1.47. The van der Waals surface area contributed by atoms with Crippen molar-refractivity contribution in [2.75, 3.05) is 20.2 Å².